The van der Waals surface area contributed by atoms with Crippen LogP contribution < -0.4 is 15.0 Å². The fourth-order valence-corrected chi connectivity index (χ4v) is 5.50. The lowest BCUT2D eigenvalue weighted by Gasteiger charge is -2.24. The predicted molar refractivity (Wildman–Crippen MR) is 186 cm³/mol. The molecular formula is C36H40ClF3N6O3. The number of benzene rings is 3. The van der Waals surface area contributed by atoms with Gasteiger partial charge in [-0.05, 0) is 93.0 Å². The van der Waals surface area contributed by atoms with E-state index in [4.69, 9.17) is 16.3 Å². The second-order valence-electron chi connectivity index (χ2n) is 11.7. The third-order valence-corrected chi connectivity index (χ3v) is 8.36. The highest BCUT2D eigenvalue weighted by molar-refractivity contribution is 6.31. The number of anilines is 3. The quantitative estimate of drug-likeness (QED) is 0.159. The minimum atomic E-state index is -4.62. The van der Waals surface area contributed by atoms with Gasteiger partial charge in [-0.2, -0.15) is 18.2 Å². The van der Waals surface area contributed by atoms with Gasteiger partial charge in [-0.25, -0.2) is 9.78 Å². The van der Waals surface area contributed by atoms with Crippen molar-refractivity contribution in [2.45, 2.75) is 47.3 Å². The van der Waals surface area contributed by atoms with Gasteiger partial charge in [-0.1, -0.05) is 49.2 Å². The van der Waals surface area contributed by atoms with E-state index in [0.29, 0.717) is 34.7 Å². The highest BCUT2D eigenvalue weighted by atomic mass is 35.5. The van der Waals surface area contributed by atoms with E-state index in [0.717, 1.165) is 48.3 Å². The van der Waals surface area contributed by atoms with Crippen LogP contribution in [0.3, 0.4) is 0 Å². The zero-order chi connectivity index (χ0) is 35.9. The molecule has 2 amide bonds. The van der Waals surface area contributed by atoms with Crippen molar-refractivity contribution in [3.8, 4) is 5.75 Å². The molecule has 0 aliphatic rings. The van der Waals surface area contributed by atoms with E-state index in [-0.39, 0.29) is 34.8 Å². The molecule has 9 nitrogen and oxygen atoms in total. The highest BCUT2D eigenvalue weighted by Gasteiger charge is 2.32. The van der Waals surface area contributed by atoms with Crippen LogP contribution in [0.4, 0.5) is 35.4 Å². The van der Waals surface area contributed by atoms with Gasteiger partial charge >= 0.3 is 12.3 Å². The van der Waals surface area contributed by atoms with Crippen LogP contribution in [0.1, 0.15) is 52.0 Å². The number of hydrogen-bond donors (Lipinski definition) is 1. The fourth-order valence-electron chi connectivity index (χ4n) is 5.32. The maximum absolute atomic E-state index is 13.8. The third kappa shape index (κ3) is 9.70. The highest BCUT2D eigenvalue weighted by Crippen LogP contribution is 2.33. The molecule has 1 aromatic heterocycles. The molecule has 0 saturated carbocycles. The zero-order valence-corrected chi connectivity index (χ0v) is 29.1. The number of carbonyl (C=O) groups excluding carboxylic acids is 2. The van der Waals surface area contributed by atoms with Gasteiger partial charge < -0.3 is 19.9 Å². The first kappa shape index (κ1) is 37.1. The number of alkyl halides is 3. The van der Waals surface area contributed by atoms with Gasteiger partial charge in [0.05, 0.1) is 12.1 Å². The summed E-state index contributed by atoms with van der Waals surface area (Å²) in [6.45, 7) is 12.4. The monoisotopic (exact) mass is 696 g/mol. The van der Waals surface area contributed by atoms with Crippen molar-refractivity contribution in [2.24, 2.45) is 0 Å². The third-order valence-electron chi connectivity index (χ3n) is 7.99. The minimum Gasteiger partial charge on any atom is -0.409 e. The fraction of sp³-hybridized carbons (Fsp3) is 0.333. The number of halogens is 4. The molecule has 0 aliphatic carbocycles. The van der Waals surface area contributed by atoms with Gasteiger partial charge in [0.25, 0.3) is 5.91 Å². The number of rotatable bonds is 12. The Morgan fingerprint density at radius 1 is 0.939 bits per heavy atom. The lowest BCUT2D eigenvalue weighted by atomic mass is 10.1. The first-order valence-corrected chi connectivity index (χ1v) is 16.2. The normalized spacial score (nSPS) is 11.4. The Bertz CT molecular complexity index is 1780. The van der Waals surface area contributed by atoms with Crippen molar-refractivity contribution in [1.82, 2.24) is 19.8 Å². The maximum atomic E-state index is 13.8. The van der Waals surface area contributed by atoms with Crippen LogP contribution in [0.15, 0.2) is 66.9 Å². The molecule has 4 rings (SSSR count). The summed E-state index contributed by atoms with van der Waals surface area (Å²) in [5.74, 6) is 0.292. The van der Waals surface area contributed by atoms with Crippen molar-refractivity contribution in [3.63, 3.8) is 0 Å². The second kappa shape index (κ2) is 16.1. The summed E-state index contributed by atoms with van der Waals surface area (Å²) in [6, 6.07) is 14.9. The first-order valence-electron chi connectivity index (χ1n) is 15.8. The molecule has 0 atom stereocenters. The van der Waals surface area contributed by atoms with Crippen molar-refractivity contribution in [1.29, 1.82) is 0 Å². The topological polar surface area (TPSA) is 90.9 Å². The predicted octanol–water partition coefficient (Wildman–Crippen LogP) is 8.44. The Morgan fingerprint density at radius 2 is 1.63 bits per heavy atom. The van der Waals surface area contributed by atoms with Gasteiger partial charge in [0.15, 0.2) is 0 Å². The summed E-state index contributed by atoms with van der Waals surface area (Å²) in [6.07, 6.45) is -4.10. The number of aromatic nitrogens is 2. The van der Waals surface area contributed by atoms with Crippen LogP contribution in [-0.2, 0) is 12.7 Å². The molecule has 3 aromatic carbocycles. The molecular weight excluding hydrogens is 657 g/mol. The lowest BCUT2D eigenvalue weighted by molar-refractivity contribution is -0.137. The van der Waals surface area contributed by atoms with Crippen LogP contribution in [0.2, 0.25) is 5.02 Å². The van der Waals surface area contributed by atoms with Gasteiger partial charge in [-0.3, -0.25) is 9.69 Å². The van der Waals surface area contributed by atoms with Gasteiger partial charge in [0.2, 0.25) is 5.95 Å². The number of likely N-dealkylation sites (N-methyl/N-ethyl adjacent to an activating group) is 2. The number of nitrogens with one attached hydrogen (secondary N) is 1. The molecule has 0 saturated heterocycles. The zero-order valence-electron chi connectivity index (χ0n) is 28.4. The lowest BCUT2D eigenvalue weighted by Crippen LogP contribution is -2.36. The summed E-state index contributed by atoms with van der Waals surface area (Å²) in [5, 5.41) is 3.10. The van der Waals surface area contributed by atoms with Crippen molar-refractivity contribution in [3.05, 3.63) is 105 Å². The van der Waals surface area contributed by atoms with Crippen LogP contribution in [0, 0.1) is 20.8 Å². The average molecular weight is 697 g/mol. The molecule has 1 N–H and O–H groups in total. The van der Waals surface area contributed by atoms with E-state index in [1.54, 1.807) is 50.1 Å². The summed E-state index contributed by atoms with van der Waals surface area (Å²) in [4.78, 5) is 40.7. The number of aryl methyl sites for hydroxylation is 3. The van der Waals surface area contributed by atoms with Crippen molar-refractivity contribution < 1.29 is 27.5 Å². The van der Waals surface area contributed by atoms with Crippen LogP contribution in [0.25, 0.3) is 0 Å². The van der Waals surface area contributed by atoms with Gasteiger partial charge in [0, 0.05) is 42.6 Å². The molecule has 0 fully saturated rings. The Morgan fingerprint density at radius 3 is 2.29 bits per heavy atom. The number of hydrogen-bond acceptors (Lipinski definition) is 7. The van der Waals surface area contributed by atoms with Crippen molar-refractivity contribution in [2.75, 3.05) is 43.4 Å². The van der Waals surface area contributed by atoms with E-state index < -0.39 is 17.8 Å². The Hall–Kier alpha value is -4.68. The van der Waals surface area contributed by atoms with Gasteiger partial charge in [-0.15, -0.1) is 0 Å². The summed E-state index contributed by atoms with van der Waals surface area (Å²) < 4.78 is 46.6. The first-order chi connectivity index (χ1) is 23.2. The molecule has 49 heavy (non-hydrogen) atoms. The molecule has 13 heteroatoms. The van der Waals surface area contributed by atoms with E-state index in [2.05, 4.69) is 34.0 Å². The van der Waals surface area contributed by atoms with Crippen LogP contribution in [-0.4, -0.2) is 65.0 Å². The van der Waals surface area contributed by atoms with Gasteiger partial charge in [0.1, 0.15) is 11.6 Å². The van der Waals surface area contributed by atoms with Crippen LogP contribution in [0.5, 0.6) is 5.75 Å². The number of nitrogens with zero attached hydrogens (tertiary/aromatic N) is 5. The number of amides is 2. The summed E-state index contributed by atoms with van der Waals surface area (Å²) >= 11 is 6.34. The molecule has 4 aromatic rings. The SMILES string of the molecule is CCN(CC)CCN(C)C(=O)c1cccc(Nc2nccc(N(Cc3cc(C(F)(F)F)ccc3Cl)C(=O)Oc3c(C)cc(C)cc3C)n2)c1. The molecule has 260 valence electrons. The van der Waals surface area contributed by atoms with Crippen molar-refractivity contribution >= 4 is 41.1 Å². The molecule has 1 heterocycles. The van der Waals surface area contributed by atoms with Crippen LogP contribution >= 0.6 is 11.6 Å². The number of carbonyl (C=O) groups is 2. The van der Waals surface area contributed by atoms with E-state index in [9.17, 15) is 22.8 Å². The van der Waals surface area contributed by atoms with E-state index in [1.807, 2.05) is 19.1 Å². The molecule has 0 aliphatic heterocycles. The van der Waals surface area contributed by atoms with E-state index in [1.165, 1.54) is 12.3 Å². The molecule has 0 spiro atoms. The average Bonchev–Trinajstić information content (AvgIpc) is 3.05. The van der Waals surface area contributed by atoms with E-state index >= 15 is 0 Å². The summed E-state index contributed by atoms with van der Waals surface area (Å²) in [7, 11) is 1.75. The maximum Gasteiger partial charge on any atom is 0.421 e. The standard InChI is InChI=1S/C36H40ClF3N6O3/c1-7-45(8-2)17-16-44(6)33(47)26-10-9-11-29(21-26)42-34-41-15-14-31(43-34)46(22-27-20-28(36(38,39)40)12-13-30(27)37)35(48)49-32-24(4)18-23(3)19-25(32)5/h9-15,18-21H,7-8,16-17,22H2,1-6H3,(H,41,42,43). The Balaban J connectivity index is 1.64. The smallest absolute Gasteiger partial charge is 0.409 e. The molecule has 0 bridgehead atoms. The second-order valence-corrected chi connectivity index (χ2v) is 12.1. The number of ether oxygens (including phenoxy) is 1. The largest absolute Gasteiger partial charge is 0.421 e. The minimum absolute atomic E-state index is 0.0319. The Labute approximate surface area is 289 Å². The molecule has 0 unspecified atom stereocenters. The summed E-state index contributed by atoms with van der Waals surface area (Å²) in [5.41, 5.74) is 2.49. The Kier molecular flexibility index (Phi) is 12.2. The molecule has 0 radical (unpaired) electrons.